The molecule has 0 saturated heterocycles. The lowest BCUT2D eigenvalue weighted by Gasteiger charge is -2.33. The fraction of sp³-hybridized carbons (Fsp3) is 0.571. The number of carbonyl (C=O) groups is 1. The summed E-state index contributed by atoms with van der Waals surface area (Å²) in [4.78, 5) is 26.1. The number of carbonyl (C=O) groups excluding carboxylic acids is 1. The van der Waals surface area contributed by atoms with Gasteiger partial charge >= 0.3 is 6.18 Å². The first kappa shape index (κ1) is 15.6. The molecule has 2 rings (SSSR count). The zero-order valence-electron chi connectivity index (χ0n) is 11.6. The Bertz CT molecular complexity index is 580. The topological polar surface area (TPSA) is 62.0 Å². The van der Waals surface area contributed by atoms with Gasteiger partial charge in [0.1, 0.15) is 5.56 Å². The number of halogens is 3. The molecule has 2 N–H and O–H groups in total. The first-order valence-corrected chi connectivity index (χ1v) is 6.86. The number of nitrogens with one attached hydrogen (secondary N) is 2. The zero-order chi connectivity index (χ0) is 15.6. The van der Waals surface area contributed by atoms with Gasteiger partial charge in [0, 0.05) is 11.7 Å². The summed E-state index contributed by atoms with van der Waals surface area (Å²) >= 11 is 0. The number of aromatic amines is 1. The van der Waals surface area contributed by atoms with Crippen molar-refractivity contribution in [2.75, 3.05) is 0 Å². The Hall–Kier alpha value is -1.79. The molecule has 2 atom stereocenters. The molecule has 1 aromatic rings. The lowest BCUT2D eigenvalue weighted by atomic mass is 9.84. The van der Waals surface area contributed by atoms with Gasteiger partial charge < -0.3 is 10.3 Å². The lowest BCUT2D eigenvalue weighted by molar-refractivity contribution is -0.187. The minimum atomic E-state index is -4.34. The van der Waals surface area contributed by atoms with Gasteiger partial charge in [-0.1, -0.05) is 12.8 Å². The number of pyridine rings is 1. The van der Waals surface area contributed by atoms with Crippen LogP contribution in [0.25, 0.3) is 0 Å². The fourth-order valence-electron chi connectivity index (χ4n) is 2.69. The molecule has 116 valence electrons. The largest absolute Gasteiger partial charge is 0.393 e. The Morgan fingerprint density at radius 3 is 2.57 bits per heavy atom. The highest BCUT2D eigenvalue weighted by atomic mass is 19.4. The number of H-pyrrole nitrogens is 1. The molecule has 1 amide bonds. The van der Waals surface area contributed by atoms with Gasteiger partial charge in [-0.05, 0) is 31.9 Å². The van der Waals surface area contributed by atoms with E-state index in [0.717, 1.165) is 0 Å². The fourth-order valence-corrected chi connectivity index (χ4v) is 2.69. The quantitative estimate of drug-likeness (QED) is 0.882. The van der Waals surface area contributed by atoms with Crippen LogP contribution < -0.4 is 10.9 Å². The molecule has 1 fully saturated rings. The molecule has 1 saturated carbocycles. The molecule has 1 aliphatic rings. The molecule has 0 unspecified atom stereocenters. The minimum absolute atomic E-state index is 0.0126. The maximum atomic E-state index is 13.0. The lowest BCUT2D eigenvalue weighted by Crippen LogP contribution is -2.48. The highest BCUT2D eigenvalue weighted by Crippen LogP contribution is 2.37. The average molecular weight is 302 g/mol. The summed E-state index contributed by atoms with van der Waals surface area (Å²) in [5, 5.41) is 2.37. The molecule has 21 heavy (non-hydrogen) atoms. The molecule has 4 nitrogen and oxygen atoms in total. The van der Waals surface area contributed by atoms with Crippen LogP contribution in [0.15, 0.2) is 16.9 Å². The highest BCUT2D eigenvalue weighted by Gasteiger charge is 2.46. The predicted octanol–water partition coefficient (Wildman–Crippen LogP) is 2.53. The van der Waals surface area contributed by atoms with Crippen LogP contribution in [0.1, 0.15) is 41.7 Å². The SMILES string of the molecule is Cc1ccc(C(=O)N[C@H]2CCCC[C@H]2C(F)(F)F)c(=O)[nH]1. The highest BCUT2D eigenvalue weighted by molar-refractivity contribution is 5.94. The van der Waals surface area contributed by atoms with Crippen molar-refractivity contribution >= 4 is 5.91 Å². The predicted molar refractivity (Wildman–Crippen MR) is 71.1 cm³/mol. The van der Waals surface area contributed by atoms with Crippen LogP contribution in [-0.2, 0) is 0 Å². The van der Waals surface area contributed by atoms with Gasteiger partial charge in [-0.25, -0.2) is 0 Å². The second kappa shape index (κ2) is 5.91. The molecular formula is C14H17F3N2O2. The summed E-state index contributed by atoms with van der Waals surface area (Å²) in [5.74, 6) is -2.29. The van der Waals surface area contributed by atoms with E-state index in [1.54, 1.807) is 13.0 Å². The van der Waals surface area contributed by atoms with E-state index in [1.165, 1.54) is 6.07 Å². The van der Waals surface area contributed by atoms with E-state index >= 15 is 0 Å². The summed E-state index contributed by atoms with van der Waals surface area (Å²) in [6.07, 6.45) is -2.90. The maximum absolute atomic E-state index is 13.0. The van der Waals surface area contributed by atoms with Gasteiger partial charge in [0.05, 0.1) is 5.92 Å². The monoisotopic (exact) mass is 302 g/mol. The normalized spacial score (nSPS) is 22.9. The van der Waals surface area contributed by atoms with Gasteiger partial charge in [-0.2, -0.15) is 13.2 Å². The maximum Gasteiger partial charge on any atom is 0.393 e. The van der Waals surface area contributed by atoms with Crippen molar-refractivity contribution < 1.29 is 18.0 Å². The summed E-state index contributed by atoms with van der Waals surface area (Å²) in [5.41, 5.74) is -0.165. The summed E-state index contributed by atoms with van der Waals surface area (Å²) in [6, 6.07) is 1.90. The Morgan fingerprint density at radius 1 is 1.29 bits per heavy atom. The van der Waals surface area contributed by atoms with E-state index < -0.39 is 29.6 Å². The first-order valence-electron chi connectivity index (χ1n) is 6.86. The van der Waals surface area contributed by atoms with Crippen LogP contribution in [0, 0.1) is 12.8 Å². The van der Waals surface area contributed by atoms with Gasteiger partial charge in [0.25, 0.3) is 11.5 Å². The second-order valence-electron chi connectivity index (χ2n) is 5.40. The molecule has 0 radical (unpaired) electrons. The smallest absolute Gasteiger partial charge is 0.349 e. The Balaban J connectivity index is 2.15. The third-order valence-electron chi connectivity index (χ3n) is 3.80. The van der Waals surface area contributed by atoms with Crippen molar-refractivity contribution in [3.8, 4) is 0 Å². The van der Waals surface area contributed by atoms with Crippen LogP contribution in [0.4, 0.5) is 13.2 Å². The number of hydrogen-bond acceptors (Lipinski definition) is 2. The molecular weight excluding hydrogens is 285 g/mol. The van der Waals surface area contributed by atoms with Crippen molar-refractivity contribution in [2.45, 2.75) is 44.8 Å². The average Bonchev–Trinajstić information content (AvgIpc) is 2.37. The first-order chi connectivity index (χ1) is 9.79. The van der Waals surface area contributed by atoms with Crippen molar-refractivity contribution in [3.63, 3.8) is 0 Å². The van der Waals surface area contributed by atoms with Gasteiger partial charge in [-0.15, -0.1) is 0 Å². The van der Waals surface area contributed by atoms with E-state index in [9.17, 15) is 22.8 Å². The molecule has 1 heterocycles. The van der Waals surface area contributed by atoms with E-state index in [2.05, 4.69) is 10.3 Å². The Morgan fingerprint density at radius 2 is 1.95 bits per heavy atom. The Labute approximate surface area is 119 Å². The summed E-state index contributed by atoms with van der Waals surface area (Å²) in [6.45, 7) is 1.66. The molecule has 0 aliphatic heterocycles. The van der Waals surface area contributed by atoms with Crippen LogP contribution in [0.3, 0.4) is 0 Å². The molecule has 0 bridgehead atoms. The van der Waals surface area contributed by atoms with Crippen LogP contribution in [0.2, 0.25) is 0 Å². The number of amides is 1. The van der Waals surface area contributed by atoms with Gasteiger partial charge in [0.2, 0.25) is 0 Å². The van der Waals surface area contributed by atoms with Gasteiger partial charge in [0.15, 0.2) is 0 Å². The van der Waals surface area contributed by atoms with E-state index in [1.807, 2.05) is 0 Å². The van der Waals surface area contributed by atoms with Crippen molar-refractivity contribution in [2.24, 2.45) is 5.92 Å². The van der Waals surface area contributed by atoms with E-state index in [4.69, 9.17) is 0 Å². The number of hydrogen-bond donors (Lipinski definition) is 2. The summed E-state index contributed by atoms with van der Waals surface area (Å²) < 4.78 is 38.9. The van der Waals surface area contributed by atoms with Crippen LogP contribution in [0.5, 0.6) is 0 Å². The molecule has 0 spiro atoms. The second-order valence-corrected chi connectivity index (χ2v) is 5.40. The standard InChI is InChI=1S/C14H17F3N2O2/c1-8-6-7-9(12(20)18-8)13(21)19-11-5-3-2-4-10(11)14(15,16)17/h6-7,10-11H,2-5H2,1H3,(H,18,20)(H,19,21)/t10-,11+/m1/s1. The van der Waals surface area contributed by atoms with Crippen LogP contribution >= 0.6 is 0 Å². The van der Waals surface area contributed by atoms with Crippen molar-refractivity contribution in [1.29, 1.82) is 0 Å². The number of alkyl halides is 3. The molecule has 1 aliphatic carbocycles. The summed E-state index contributed by atoms with van der Waals surface area (Å²) in [7, 11) is 0. The molecule has 7 heteroatoms. The zero-order valence-corrected chi connectivity index (χ0v) is 11.6. The van der Waals surface area contributed by atoms with E-state index in [0.29, 0.717) is 18.5 Å². The Kier molecular flexibility index (Phi) is 4.39. The third kappa shape index (κ3) is 3.65. The minimum Gasteiger partial charge on any atom is -0.349 e. The van der Waals surface area contributed by atoms with Crippen LogP contribution in [-0.4, -0.2) is 23.1 Å². The molecule has 1 aromatic heterocycles. The number of aryl methyl sites for hydroxylation is 1. The molecule has 0 aromatic carbocycles. The van der Waals surface area contributed by atoms with Crippen molar-refractivity contribution in [3.05, 3.63) is 33.7 Å². The van der Waals surface area contributed by atoms with E-state index in [-0.39, 0.29) is 18.4 Å². The third-order valence-corrected chi connectivity index (χ3v) is 3.80. The van der Waals surface area contributed by atoms with Gasteiger partial charge in [-0.3, -0.25) is 9.59 Å². The number of aromatic nitrogens is 1. The van der Waals surface area contributed by atoms with Crippen molar-refractivity contribution in [1.82, 2.24) is 10.3 Å². The number of rotatable bonds is 2.